The Hall–Kier alpha value is -2.25. The lowest BCUT2D eigenvalue weighted by atomic mass is 9.76. The van der Waals surface area contributed by atoms with Gasteiger partial charge < -0.3 is 10.0 Å². The van der Waals surface area contributed by atoms with Crippen molar-refractivity contribution in [3.8, 4) is 0 Å². The Labute approximate surface area is 115 Å². The second kappa shape index (κ2) is 4.69. The van der Waals surface area contributed by atoms with E-state index in [-0.39, 0.29) is 0 Å². The summed E-state index contributed by atoms with van der Waals surface area (Å²) in [5.41, 5.74) is -0.00797. The van der Waals surface area contributed by atoms with Crippen LogP contribution in [0.2, 0.25) is 0 Å². The number of carbonyl (C=O) groups is 1. The summed E-state index contributed by atoms with van der Waals surface area (Å²) < 4.78 is 1.63. The first-order chi connectivity index (χ1) is 9.66. The van der Waals surface area contributed by atoms with Crippen molar-refractivity contribution in [2.24, 2.45) is 5.41 Å². The van der Waals surface area contributed by atoms with Crippen molar-refractivity contribution >= 4 is 17.4 Å². The predicted molar refractivity (Wildman–Crippen MR) is 70.4 cm³/mol. The van der Waals surface area contributed by atoms with Gasteiger partial charge in [0, 0.05) is 13.1 Å². The Balaban J connectivity index is 1.85. The van der Waals surface area contributed by atoms with Crippen molar-refractivity contribution in [3.63, 3.8) is 0 Å². The molecule has 2 aromatic heterocycles. The molecule has 0 saturated carbocycles. The van der Waals surface area contributed by atoms with Crippen molar-refractivity contribution in [2.45, 2.75) is 26.2 Å². The topological polar surface area (TPSA) is 96.5 Å². The molecule has 0 amide bonds. The van der Waals surface area contributed by atoms with Gasteiger partial charge in [-0.15, -0.1) is 5.10 Å². The third kappa shape index (κ3) is 1.87. The maximum Gasteiger partial charge on any atom is 0.309 e. The van der Waals surface area contributed by atoms with Gasteiger partial charge in [-0.05, 0) is 29.7 Å². The van der Waals surface area contributed by atoms with Gasteiger partial charge in [0.15, 0.2) is 11.5 Å². The number of aliphatic carboxylic acids is 1. The van der Waals surface area contributed by atoms with E-state index in [1.165, 1.54) is 0 Å². The van der Waals surface area contributed by atoms with Crippen LogP contribution in [0.25, 0.3) is 5.65 Å². The van der Waals surface area contributed by atoms with E-state index in [4.69, 9.17) is 0 Å². The minimum atomic E-state index is -0.696. The Morgan fingerprint density at radius 3 is 2.80 bits per heavy atom. The highest BCUT2D eigenvalue weighted by Crippen LogP contribution is 2.36. The number of nitrogens with zero attached hydrogens (tertiary/aromatic N) is 6. The number of fused-ring (bicyclic) bond motifs is 1. The maximum absolute atomic E-state index is 11.5. The summed E-state index contributed by atoms with van der Waals surface area (Å²) in [6.45, 7) is 3.27. The lowest BCUT2D eigenvalue weighted by molar-refractivity contribution is -0.150. The van der Waals surface area contributed by atoms with E-state index in [2.05, 4.69) is 25.4 Å². The minimum Gasteiger partial charge on any atom is -0.481 e. The zero-order valence-electron chi connectivity index (χ0n) is 11.2. The molecule has 3 rings (SSSR count). The molecule has 1 aliphatic heterocycles. The fourth-order valence-electron chi connectivity index (χ4n) is 2.76. The molecule has 0 spiro atoms. The van der Waals surface area contributed by atoms with E-state index >= 15 is 0 Å². The molecule has 0 radical (unpaired) electrons. The first-order valence-electron chi connectivity index (χ1n) is 6.67. The van der Waals surface area contributed by atoms with Gasteiger partial charge >= 0.3 is 5.97 Å². The molecule has 20 heavy (non-hydrogen) atoms. The van der Waals surface area contributed by atoms with Crippen LogP contribution >= 0.6 is 0 Å². The number of aromatic nitrogens is 5. The summed E-state index contributed by atoms with van der Waals surface area (Å²) in [6, 6.07) is 0. The lowest BCUT2D eigenvalue weighted by Crippen LogP contribution is -2.44. The molecule has 0 aliphatic carbocycles. The van der Waals surface area contributed by atoms with Gasteiger partial charge in [-0.2, -0.15) is 4.52 Å². The van der Waals surface area contributed by atoms with E-state index in [0.29, 0.717) is 38.0 Å². The monoisotopic (exact) mass is 276 g/mol. The van der Waals surface area contributed by atoms with Gasteiger partial charge in [0.1, 0.15) is 0 Å². The highest BCUT2D eigenvalue weighted by atomic mass is 16.4. The summed E-state index contributed by atoms with van der Waals surface area (Å²) in [7, 11) is 0. The molecule has 1 N–H and O–H groups in total. The molecule has 1 saturated heterocycles. The van der Waals surface area contributed by atoms with Crippen LogP contribution in [0.3, 0.4) is 0 Å². The number of anilines is 1. The van der Waals surface area contributed by atoms with Crippen LogP contribution < -0.4 is 4.90 Å². The van der Waals surface area contributed by atoms with E-state index in [1.807, 2.05) is 6.92 Å². The number of hydrogen-bond donors (Lipinski definition) is 1. The SMILES string of the molecule is CCC1(C(=O)O)CCN(c2cncc3nnnn23)CC1. The number of hydrogen-bond acceptors (Lipinski definition) is 6. The van der Waals surface area contributed by atoms with E-state index in [9.17, 15) is 9.90 Å². The van der Waals surface area contributed by atoms with Gasteiger partial charge in [0.25, 0.3) is 0 Å². The average molecular weight is 276 g/mol. The van der Waals surface area contributed by atoms with Crippen LogP contribution in [0.1, 0.15) is 26.2 Å². The molecule has 8 nitrogen and oxygen atoms in total. The molecule has 106 valence electrons. The van der Waals surface area contributed by atoms with Crippen LogP contribution in [-0.4, -0.2) is 49.2 Å². The second-order valence-corrected chi connectivity index (χ2v) is 5.14. The predicted octanol–water partition coefficient (Wildman–Crippen LogP) is 0.600. The van der Waals surface area contributed by atoms with Crippen molar-refractivity contribution in [1.82, 2.24) is 25.0 Å². The molecule has 0 bridgehead atoms. The summed E-state index contributed by atoms with van der Waals surface area (Å²) in [5, 5.41) is 20.9. The molecule has 2 aromatic rings. The number of tetrazole rings is 1. The van der Waals surface area contributed by atoms with Gasteiger partial charge in [-0.1, -0.05) is 6.92 Å². The zero-order valence-corrected chi connectivity index (χ0v) is 11.2. The van der Waals surface area contributed by atoms with Crippen LogP contribution in [0, 0.1) is 5.41 Å². The van der Waals surface area contributed by atoms with E-state index < -0.39 is 11.4 Å². The van der Waals surface area contributed by atoms with Crippen molar-refractivity contribution in [3.05, 3.63) is 12.4 Å². The summed E-state index contributed by atoms with van der Waals surface area (Å²) in [4.78, 5) is 17.7. The van der Waals surface area contributed by atoms with Crippen LogP contribution in [-0.2, 0) is 4.79 Å². The summed E-state index contributed by atoms with van der Waals surface area (Å²) in [5.74, 6) is 0.112. The molecular formula is C12H16N6O2. The molecule has 8 heteroatoms. The largest absolute Gasteiger partial charge is 0.481 e. The Morgan fingerprint density at radius 1 is 1.40 bits per heavy atom. The molecule has 1 fully saturated rings. The van der Waals surface area contributed by atoms with Crippen molar-refractivity contribution in [1.29, 1.82) is 0 Å². The third-order valence-corrected chi connectivity index (χ3v) is 4.27. The van der Waals surface area contributed by atoms with Gasteiger partial charge in [0.05, 0.1) is 17.8 Å². The standard InChI is InChI=1S/C12H16N6O2/c1-2-12(11(19)20)3-5-17(6-4-12)10-8-13-7-9-14-15-16-18(9)10/h7-8H,2-6H2,1H3,(H,19,20). The van der Waals surface area contributed by atoms with Crippen LogP contribution in [0.5, 0.6) is 0 Å². The second-order valence-electron chi connectivity index (χ2n) is 5.14. The first kappa shape index (κ1) is 12.8. The van der Waals surface area contributed by atoms with E-state index in [1.54, 1.807) is 16.9 Å². The summed E-state index contributed by atoms with van der Waals surface area (Å²) in [6.07, 6.45) is 5.21. The number of carboxylic acid groups (broad SMARTS) is 1. The first-order valence-corrected chi connectivity index (χ1v) is 6.67. The highest BCUT2D eigenvalue weighted by Gasteiger charge is 2.40. The highest BCUT2D eigenvalue weighted by molar-refractivity contribution is 5.75. The van der Waals surface area contributed by atoms with Crippen LogP contribution in [0.4, 0.5) is 5.82 Å². The van der Waals surface area contributed by atoms with Crippen LogP contribution in [0.15, 0.2) is 12.4 Å². The number of piperidine rings is 1. The van der Waals surface area contributed by atoms with Gasteiger partial charge in [0.2, 0.25) is 0 Å². The Kier molecular flexibility index (Phi) is 3.00. The van der Waals surface area contributed by atoms with Crippen molar-refractivity contribution < 1.29 is 9.90 Å². The molecule has 0 unspecified atom stereocenters. The smallest absolute Gasteiger partial charge is 0.309 e. The van der Waals surface area contributed by atoms with Crippen molar-refractivity contribution in [2.75, 3.05) is 18.0 Å². The molecule has 0 atom stereocenters. The maximum atomic E-state index is 11.5. The van der Waals surface area contributed by atoms with Gasteiger partial charge in [-0.25, -0.2) is 0 Å². The molecule has 3 heterocycles. The number of rotatable bonds is 3. The quantitative estimate of drug-likeness (QED) is 0.876. The minimum absolute atomic E-state index is 0.591. The Bertz CT molecular complexity index is 632. The average Bonchev–Trinajstić information content (AvgIpc) is 2.95. The van der Waals surface area contributed by atoms with Gasteiger partial charge in [-0.3, -0.25) is 9.78 Å². The fraction of sp³-hybridized carbons (Fsp3) is 0.583. The Morgan fingerprint density at radius 2 is 2.15 bits per heavy atom. The molecular weight excluding hydrogens is 260 g/mol. The lowest BCUT2D eigenvalue weighted by Gasteiger charge is -2.38. The fourth-order valence-corrected chi connectivity index (χ4v) is 2.76. The normalized spacial score (nSPS) is 18.4. The molecule has 0 aromatic carbocycles. The zero-order chi connectivity index (χ0) is 14.2. The molecule has 1 aliphatic rings. The van der Waals surface area contributed by atoms with E-state index in [0.717, 1.165) is 5.82 Å². The third-order valence-electron chi connectivity index (χ3n) is 4.27. The summed E-state index contributed by atoms with van der Waals surface area (Å²) >= 11 is 0. The number of carboxylic acids is 1.